The second-order valence-corrected chi connectivity index (χ2v) is 12.7. The summed E-state index contributed by atoms with van der Waals surface area (Å²) in [6.45, 7) is 9.82. The molecule has 0 bridgehead atoms. The molecule has 1 aromatic carbocycles. The number of benzene rings is 1. The summed E-state index contributed by atoms with van der Waals surface area (Å²) in [7, 11) is 1.40. The van der Waals surface area contributed by atoms with Crippen molar-refractivity contribution in [3.8, 4) is 17.2 Å². The number of hydrogen-bond donors (Lipinski definition) is 4. The Balaban J connectivity index is 1.70. The van der Waals surface area contributed by atoms with Gasteiger partial charge in [-0.05, 0) is 73.4 Å². The van der Waals surface area contributed by atoms with Gasteiger partial charge in [0.15, 0.2) is 23.1 Å². The van der Waals surface area contributed by atoms with Gasteiger partial charge in [0.2, 0.25) is 5.91 Å². The minimum Gasteiger partial charge on any atom is -0.494 e. The molecule has 2 aromatic heterocycles. The summed E-state index contributed by atoms with van der Waals surface area (Å²) in [6.07, 6.45) is 0.200. The van der Waals surface area contributed by atoms with E-state index in [1.165, 1.54) is 13.2 Å². The zero-order valence-corrected chi connectivity index (χ0v) is 27.1. The second kappa shape index (κ2) is 13.7. The second-order valence-electron chi connectivity index (χ2n) is 12.7. The summed E-state index contributed by atoms with van der Waals surface area (Å²) in [4.78, 5) is 42.7. The number of para-hydroxylation sites is 1. The topological polar surface area (TPSA) is 192 Å². The highest BCUT2D eigenvalue weighted by Gasteiger charge is 2.33. The van der Waals surface area contributed by atoms with E-state index in [1.54, 1.807) is 45.9 Å². The molecule has 1 aliphatic carbocycles. The molecule has 0 spiro atoms. The molecule has 1 aliphatic rings. The van der Waals surface area contributed by atoms with Crippen LogP contribution in [-0.2, 0) is 14.3 Å². The first-order valence-electron chi connectivity index (χ1n) is 16.2. The zero-order chi connectivity index (χ0) is 36.3. The van der Waals surface area contributed by atoms with Gasteiger partial charge in [-0.25, -0.2) is 4.79 Å². The summed E-state index contributed by atoms with van der Waals surface area (Å²) in [6, 6.07) is 5.42. The molecule has 3 aromatic rings. The lowest BCUT2D eigenvalue weighted by Gasteiger charge is -2.30. The van der Waals surface area contributed by atoms with Crippen LogP contribution in [-0.4, -0.2) is 69.6 Å². The minimum atomic E-state index is -2.80. The molecule has 15 heteroatoms. The SMILES string of the molecule is [2H]C([2H])([2H])NC(=O)c1nnc(NC(=O)C2CC2)cc1Nc1cccc(-c2nc([C@@H](NC(=O)OC(C)(C)C)[C@@H](C)OC(C)(C)C)no2)c1OC. The molecule has 1 saturated carbocycles. The van der Waals surface area contributed by atoms with Crippen LogP contribution in [0, 0.1) is 5.92 Å². The van der Waals surface area contributed by atoms with Gasteiger partial charge in [0.1, 0.15) is 11.6 Å². The lowest BCUT2D eigenvalue weighted by atomic mass is 10.1. The molecule has 46 heavy (non-hydrogen) atoms. The number of carbonyl (C=O) groups is 3. The van der Waals surface area contributed by atoms with E-state index in [0.29, 0.717) is 11.3 Å². The number of aromatic nitrogens is 4. The number of ether oxygens (including phenoxy) is 3. The molecule has 3 amide bonds. The lowest BCUT2D eigenvalue weighted by molar-refractivity contribution is -0.117. The molecular weight excluding hydrogens is 596 g/mol. The lowest BCUT2D eigenvalue weighted by Crippen LogP contribution is -2.42. The molecule has 1 fully saturated rings. The third-order valence-corrected chi connectivity index (χ3v) is 6.44. The van der Waals surface area contributed by atoms with Crippen LogP contribution < -0.4 is 26.0 Å². The molecule has 0 unspecified atom stereocenters. The van der Waals surface area contributed by atoms with E-state index < -0.39 is 42.3 Å². The molecule has 4 N–H and O–H groups in total. The van der Waals surface area contributed by atoms with Crippen LogP contribution in [0.25, 0.3) is 11.5 Å². The van der Waals surface area contributed by atoms with Gasteiger partial charge in [-0.15, -0.1) is 10.2 Å². The summed E-state index contributed by atoms with van der Waals surface area (Å²) in [5, 5.41) is 22.3. The number of nitrogens with zero attached hydrogens (tertiary/aromatic N) is 4. The number of nitrogens with one attached hydrogen (secondary N) is 4. The average Bonchev–Trinajstić information content (AvgIpc) is 3.70. The predicted octanol–water partition coefficient (Wildman–Crippen LogP) is 4.76. The van der Waals surface area contributed by atoms with Gasteiger partial charge in [-0.2, -0.15) is 4.98 Å². The fourth-order valence-corrected chi connectivity index (χ4v) is 4.44. The predicted molar refractivity (Wildman–Crippen MR) is 169 cm³/mol. The van der Waals surface area contributed by atoms with E-state index >= 15 is 0 Å². The highest BCUT2D eigenvalue weighted by molar-refractivity contribution is 6.00. The van der Waals surface area contributed by atoms with Gasteiger partial charge in [0.05, 0.1) is 35.8 Å². The first-order chi connectivity index (χ1) is 22.7. The van der Waals surface area contributed by atoms with Gasteiger partial charge in [0, 0.05) is 23.1 Å². The highest BCUT2D eigenvalue weighted by atomic mass is 16.6. The van der Waals surface area contributed by atoms with Crippen LogP contribution in [0.4, 0.5) is 22.0 Å². The third-order valence-electron chi connectivity index (χ3n) is 6.44. The summed E-state index contributed by atoms with van der Waals surface area (Å²) in [5.74, 6) is -1.01. The van der Waals surface area contributed by atoms with E-state index in [2.05, 4.69) is 36.3 Å². The van der Waals surface area contributed by atoms with Crippen molar-refractivity contribution >= 4 is 35.1 Å². The van der Waals surface area contributed by atoms with Crippen molar-refractivity contribution in [2.45, 2.75) is 84.7 Å². The third kappa shape index (κ3) is 8.90. The Morgan fingerprint density at radius 2 is 1.80 bits per heavy atom. The maximum atomic E-state index is 12.9. The van der Waals surface area contributed by atoms with E-state index in [0.717, 1.165) is 12.8 Å². The smallest absolute Gasteiger partial charge is 0.408 e. The molecule has 2 atom stereocenters. The van der Waals surface area contributed by atoms with Crippen molar-refractivity contribution in [3.63, 3.8) is 0 Å². The van der Waals surface area contributed by atoms with Crippen molar-refractivity contribution in [2.75, 3.05) is 24.7 Å². The van der Waals surface area contributed by atoms with E-state index in [4.69, 9.17) is 22.8 Å². The summed E-state index contributed by atoms with van der Waals surface area (Å²) in [5.41, 5.74) is -1.01. The Morgan fingerprint density at radius 3 is 2.43 bits per heavy atom. The van der Waals surface area contributed by atoms with Crippen LogP contribution in [0.5, 0.6) is 5.75 Å². The average molecular weight is 642 g/mol. The Labute approximate surface area is 271 Å². The van der Waals surface area contributed by atoms with Crippen molar-refractivity contribution in [1.82, 2.24) is 31.0 Å². The summed E-state index contributed by atoms with van der Waals surface area (Å²) >= 11 is 0. The van der Waals surface area contributed by atoms with Crippen LogP contribution in [0.2, 0.25) is 0 Å². The number of methoxy groups -OCH3 is 1. The number of amides is 3. The Kier molecular flexibility index (Phi) is 8.89. The quantitative estimate of drug-likeness (QED) is 0.225. The Bertz CT molecular complexity index is 1680. The van der Waals surface area contributed by atoms with Crippen LogP contribution >= 0.6 is 0 Å². The van der Waals surface area contributed by atoms with E-state index in [1.807, 2.05) is 26.1 Å². The molecule has 0 aliphatic heterocycles. The van der Waals surface area contributed by atoms with Crippen LogP contribution in [0.15, 0.2) is 28.8 Å². The Hall–Kier alpha value is -4.79. The standard InChI is InChI=1S/C31H42N8O7/c1-16(44-30(2,3)4)22(35-29(42)45-31(5,6)7)25-36-28(46-39-25)18-11-10-12-19(24(18)43-9)33-20-15-21(34-26(40)17-13-14-17)37-38-23(20)27(41)32-8/h10-12,15-17,22H,13-14H2,1-9H3,(H,32,41)(H,35,42)(H2,33,34,37,40)/t16-,22+/m1/s1/i8D3. The van der Waals surface area contributed by atoms with Gasteiger partial charge < -0.3 is 40.0 Å². The summed E-state index contributed by atoms with van der Waals surface area (Å²) < 4.78 is 45.3. The number of rotatable bonds is 11. The van der Waals surface area contributed by atoms with Crippen LogP contribution in [0.1, 0.15) is 87.8 Å². The first-order valence-corrected chi connectivity index (χ1v) is 14.7. The van der Waals surface area contributed by atoms with Gasteiger partial charge >= 0.3 is 6.09 Å². The van der Waals surface area contributed by atoms with E-state index in [-0.39, 0.29) is 46.5 Å². The maximum absolute atomic E-state index is 12.9. The van der Waals surface area contributed by atoms with Crippen molar-refractivity contribution in [1.29, 1.82) is 0 Å². The van der Waals surface area contributed by atoms with E-state index in [9.17, 15) is 14.4 Å². The zero-order valence-electron chi connectivity index (χ0n) is 30.1. The number of carbonyl (C=O) groups excluding carboxylic acids is 3. The molecule has 15 nitrogen and oxygen atoms in total. The number of anilines is 3. The molecule has 248 valence electrons. The molecule has 0 radical (unpaired) electrons. The maximum Gasteiger partial charge on any atom is 0.408 e. The Morgan fingerprint density at radius 1 is 1.07 bits per heavy atom. The van der Waals surface area contributed by atoms with Gasteiger partial charge in [-0.1, -0.05) is 11.2 Å². The molecule has 4 rings (SSSR count). The van der Waals surface area contributed by atoms with Gasteiger partial charge in [-0.3, -0.25) is 9.59 Å². The number of hydrogen-bond acceptors (Lipinski definition) is 12. The minimum absolute atomic E-state index is 0.0271. The monoisotopic (exact) mass is 641 g/mol. The fraction of sp³-hybridized carbons (Fsp3) is 0.516. The van der Waals surface area contributed by atoms with Gasteiger partial charge in [0.25, 0.3) is 11.8 Å². The molecule has 0 saturated heterocycles. The van der Waals surface area contributed by atoms with Crippen LogP contribution in [0.3, 0.4) is 0 Å². The fourth-order valence-electron chi connectivity index (χ4n) is 4.44. The number of alkyl carbamates (subject to hydrolysis) is 1. The van der Waals surface area contributed by atoms with Crippen molar-refractivity contribution < 1.29 is 37.2 Å². The molecular formula is C31H42N8O7. The largest absolute Gasteiger partial charge is 0.494 e. The van der Waals surface area contributed by atoms with Crippen molar-refractivity contribution in [2.24, 2.45) is 5.92 Å². The normalized spacial score (nSPS) is 15.8. The highest BCUT2D eigenvalue weighted by Crippen LogP contribution is 2.38. The molecule has 2 heterocycles. The first kappa shape index (κ1) is 29.9. The van der Waals surface area contributed by atoms with Crippen molar-refractivity contribution in [3.05, 3.63) is 35.8 Å².